The molecule has 1 heteroatoms. The molecule has 0 heterocycles. The predicted octanol–water partition coefficient (Wildman–Crippen LogP) is 7.50. The first kappa shape index (κ1) is 24.1. The number of benzene rings is 1. The van der Waals surface area contributed by atoms with Gasteiger partial charge in [0.2, 0.25) is 0 Å². The van der Waals surface area contributed by atoms with E-state index in [1.807, 2.05) is 0 Å². The fourth-order valence-electron chi connectivity index (χ4n) is 4.29. The predicted molar refractivity (Wildman–Crippen MR) is 123 cm³/mol. The van der Waals surface area contributed by atoms with Gasteiger partial charge in [-0.1, -0.05) is 0 Å². The topological polar surface area (TPSA) is 0 Å². The monoisotopic (exact) mass is 467 g/mol. The number of hydrogen-bond acceptors (Lipinski definition) is 0. The molecule has 0 aliphatic heterocycles. The Hall–Kier alpha value is 0.0382. The van der Waals surface area contributed by atoms with Crippen molar-refractivity contribution in [2.45, 2.75) is 114 Å². The first-order valence-electron chi connectivity index (χ1n) is 11.6. The van der Waals surface area contributed by atoms with Gasteiger partial charge >= 0.3 is 179 Å². The second-order valence-corrected chi connectivity index (χ2v) is 12.5. The molecular formula is C25H46Sb. The molecule has 0 aromatic heterocycles. The molecule has 0 amide bonds. The van der Waals surface area contributed by atoms with Gasteiger partial charge in [-0.3, -0.25) is 0 Å². The van der Waals surface area contributed by atoms with Crippen LogP contribution < -0.4 is 0 Å². The summed E-state index contributed by atoms with van der Waals surface area (Å²) in [6, 6.07) is 11.3. The maximum absolute atomic E-state index is 2.37. The molecule has 0 N–H and O–H groups in total. The zero-order chi connectivity index (χ0) is 19.1. The van der Waals surface area contributed by atoms with Crippen molar-refractivity contribution in [3.05, 3.63) is 35.9 Å². The zero-order valence-corrected chi connectivity index (χ0v) is 22.1. The summed E-state index contributed by atoms with van der Waals surface area (Å²) in [6.07, 6.45) is 19.9. The third-order valence-electron chi connectivity index (χ3n) is 6.15. The Morgan fingerprint density at radius 2 is 1.27 bits per heavy atom. The van der Waals surface area contributed by atoms with Crippen LogP contribution >= 0.6 is 0 Å². The van der Waals surface area contributed by atoms with Crippen molar-refractivity contribution >= 4 is 23.0 Å². The van der Waals surface area contributed by atoms with Crippen molar-refractivity contribution in [3.63, 3.8) is 0 Å². The van der Waals surface area contributed by atoms with Crippen LogP contribution in [0.25, 0.3) is 0 Å². The molecule has 0 bridgehead atoms. The van der Waals surface area contributed by atoms with Crippen molar-refractivity contribution < 1.29 is 0 Å². The zero-order valence-electron chi connectivity index (χ0n) is 18.1. The van der Waals surface area contributed by atoms with Crippen molar-refractivity contribution in [1.29, 1.82) is 0 Å². The molecule has 151 valence electrons. The molecule has 1 aromatic rings. The Morgan fingerprint density at radius 3 is 1.85 bits per heavy atom. The van der Waals surface area contributed by atoms with Gasteiger partial charge in [-0.05, 0) is 0 Å². The average molecular weight is 468 g/mol. The summed E-state index contributed by atoms with van der Waals surface area (Å²) in [5, 5.41) is 0. The van der Waals surface area contributed by atoms with E-state index in [0.717, 1.165) is 28.9 Å². The van der Waals surface area contributed by atoms with E-state index in [9.17, 15) is 0 Å². The van der Waals surface area contributed by atoms with Gasteiger partial charge in [-0.15, -0.1) is 0 Å². The van der Waals surface area contributed by atoms with E-state index in [-0.39, 0.29) is 0 Å². The van der Waals surface area contributed by atoms with E-state index < -0.39 is 0 Å². The Bertz CT molecular complexity index is 417. The van der Waals surface area contributed by atoms with E-state index in [2.05, 4.69) is 51.1 Å². The molecular weight excluding hydrogens is 422 g/mol. The summed E-state index contributed by atoms with van der Waals surface area (Å²) in [5.41, 5.74) is 1.57. The van der Waals surface area contributed by atoms with Crippen molar-refractivity contribution in [1.82, 2.24) is 0 Å². The summed E-state index contributed by atoms with van der Waals surface area (Å²) in [7, 11) is 0. The Labute approximate surface area is 178 Å². The molecule has 1 atom stereocenters. The molecule has 0 spiro atoms. The van der Waals surface area contributed by atoms with Crippen LogP contribution in [0.15, 0.2) is 30.3 Å². The first-order chi connectivity index (χ1) is 12.7. The van der Waals surface area contributed by atoms with Gasteiger partial charge in [0, 0.05) is 0 Å². The van der Waals surface area contributed by atoms with Gasteiger partial charge in [0.1, 0.15) is 0 Å². The van der Waals surface area contributed by atoms with E-state index in [1.165, 1.54) is 89.9 Å². The second-order valence-electron chi connectivity index (χ2n) is 8.51. The van der Waals surface area contributed by atoms with Gasteiger partial charge < -0.3 is 0 Å². The Balaban J connectivity index is 2.74. The SMILES string of the molecule is CCCCCCCCC(Cc1ccccc1)[C]([SbH3])(CCCC)CCCC. The standard InChI is InChI=1S/C25H43.Sb.3H/c1-4-7-10-11-12-16-21-25(22-23-17-14-13-15-18-23)24(19-8-5-2)20-9-6-3;;;;/h13-15,17-18,25H,4-12,16,19-22H2,1-3H3;;;;. The molecule has 1 rings (SSSR count). The minimum atomic E-state index is 0.689. The molecule has 1 unspecified atom stereocenters. The summed E-state index contributed by atoms with van der Waals surface area (Å²) in [4.78, 5) is 0. The second kappa shape index (κ2) is 15.0. The number of hydrogen-bond donors (Lipinski definition) is 0. The van der Waals surface area contributed by atoms with Crippen molar-refractivity contribution in [2.75, 3.05) is 0 Å². The number of rotatable bonds is 16. The van der Waals surface area contributed by atoms with Crippen molar-refractivity contribution in [2.24, 2.45) is 5.92 Å². The van der Waals surface area contributed by atoms with Crippen LogP contribution in [0.3, 0.4) is 0 Å². The molecule has 26 heavy (non-hydrogen) atoms. The molecule has 0 aliphatic rings. The Morgan fingerprint density at radius 1 is 0.731 bits per heavy atom. The molecule has 1 aromatic carbocycles. The normalized spacial score (nSPS) is 13.2. The van der Waals surface area contributed by atoms with Crippen LogP contribution in [0, 0.1) is 5.92 Å². The molecule has 1 radical (unpaired) electrons. The molecule has 0 fully saturated rings. The van der Waals surface area contributed by atoms with Gasteiger partial charge in [0.05, 0.1) is 0 Å². The maximum atomic E-state index is 2.37. The Kier molecular flexibility index (Phi) is 13.9. The fourth-order valence-corrected chi connectivity index (χ4v) is 6.71. The van der Waals surface area contributed by atoms with E-state index >= 15 is 0 Å². The van der Waals surface area contributed by atoms with Crippen LogP contribution in [0.2, 0.25) is 3.36 Å². The summed E-state index contributed by atoms with van der Waals surface area (Å²) < 4.78 is 0.689. The molecule has 0 saturated carbocycles. The van der Waals surface area contributed by atoms with Crippen LogP contribution in [-0.2, 0) is 6.42 Å². The van der Waals surface area contributed by atoms with Crippen LogP contribution in [-0.4, -0.2) is 23.0 Å². The first-order valence-corrected chi connectivity index (χ1v) is 13.6. The average Bonchev–Trinajstić information content (AvgIpc) is 2.67. The van der Waals surface area contributed by atoms with Gasteiger partial charge in [0.25, 0.3) is 0 Å². The molecule has 0 aliphatic carbocycles. The quantitative estimate of drug-likeness (QED) is 0.174. The number of unbranched alkanes of at least 4 members (excludes halogenated alkanes) is 7. The molecule has 0 saturated heterocycles. The van der Waals surface area contributed by atoms with Crippen molar-refractivity contribution in [3.8, 4) is 0 Å². The van der Waals surface area contributed by atoms with Crippen LogP contribution in [0.4, 0.5) is 0 Å². The fraction of sp³-hybridized carbons (Fsp3) is 0.760. The van der Waals surface area contributed by atoms with Crippen LogP contribution in [0.5, 0.6) is 0 Å². The van der Waals surface area contributed by atoms with Gasteiger partial charge in [-0.2, -0.15) is 0 Å². The summed E-state index contributed by atoms with van der Waals surface area (Å²) in [5.74, 6) is 0.917. The van der Waals surface area contributed by atoms with E-state index in [4.69, 9.17) is 0 Å². The third-order valence-corrected chi connectivity index (χ3v) is 9.82. The van der Waals surface area contributed by atoms with Gasteiger partial charge in [-0.25, -0.2) is 0 Å². The van der Waals surface area contributed by atoms with E-state index in [0.29, 0.717) is 3.36 Å². The summed E-state index contributed by atoms with van der Waals surface area (Å²) in [6.45, 7) is 7.05. The van der Waals surface area contributed by atoms with Gasteiger partial charge in [0.15, 0.2) is 0 Å². The van der Waals surface area contributed by atoms with E-state index in [1.54, 1.807) is 5.56 Å². The third kappa shape index (κ3) is 9.82. The van der Waals surface area contributed by atoms with Crippen LogP contribution in [0.1, 0.15) is 110 Å². The summed E-state index contributed by atoms with van der Waals surface area (Å²) >= 11 is 1.08. The minimum absolute atomic E-state index is 0.689. The molecule has 0 nitrogen and oxygen atoms in total.